The highest BCUT2D eigenvalue weighted by molar-refractivity contribution is 5.94. The number of fused-ring (bicyclic) bond motifs is 1. The van der Waals surface area contributed by atoms with Gasteiger partial charge in [-0.1, -0.05) is 17.7 Å². The Morgan fingerprint density at radius 1 is 1.19 bits per heavy atom. The van der Waals surface area contributed by atoms with Crippen molar-refractivity contribution in [2.45, 2.75) is 44.6 Å². The van der Waals surface area contributed by atoms with Gasteiger partial charge in [-0.25, -0.2) is 0 Å². The molecule has 5 nitrogen and oxygen atoms in total. The van der Waals surface area contributed by atoms with E-state index in [2.05, 4.69) is 20.1 Å². The fourth-order valence-electron chi connectivity index (χ4n) is 2.97. The van der Waals surface area contributed by atoms with E-state index in [1.54, 1.807) is 0 Å². The summed E-state index contributed by atoms with van der Waals surface area (Å²) in [6.45, 7) is 2.04. The van der Waals surface area contributed by atoms with E-state index in [1.165, 1.54) is 18.4 Å². The van der Waals surface area contributed by atoms with Crippen molar-refractivity contribution in [1.29, 1.82) is 0 Å². The third-order valence-corrected chi connectivity index (χ3v) is 4.31. The van der Waals surface area contributed by atoms with E-state index in [0.29, 0.717) is 5.92 Å². The first kappa shape index (κ1) is 12.6. The maximum atomic E-state index is 12.6. The minimum Gasteiger partial charge on any atom is -0.324 e. The fraction of sp³-hybridized carbons (Fsp3) is 0.438. The molecule has 108 valence electrons. The molecule has 0 saturated heterocycles. The van der Waals surface area contributed by atoms with Crippen LogP contribution in [-0.2, 0) is 11.2 Å². The molecule has 4 rings (SSSR count). The fourth-order valence-corrected chi connectivity index (χ4v) is 2.97. The van der Waals surface area contributed by atoms with Gasteiger partial charge in [0.1, 0.15) is 17.7 Å². The number of hydrogen-bond acceptors (Lipinski definition) is 3. The van der Waals surface area contributed by atoms with Crippen molar-refractivity contribution in [3.8, 4) is 0 Å². The lowest BCUT2D eigenvalue weighted by atomic mass is 10.2. The summed E-state index contributed by atoms with van der Waals surface area (Å²) in [6.07, 6.45) is 4.00. The highest BCUT2D eigenvalue weighted by atomic mass is 16.2. The second-order valence-corrected chi connectivity index (χ2v) is 6.03. The topological polar surface area (TPSA) is 59.8 Å². The van der Waals surface area contributed by atoms with Gasteiger partial charge < -0.3 is 9.88 Å². The lowest BCUT2D eigenvalue weighted by molar-refractivity contribution is -0.119. The SMILES string of the molecule is Cc1ccc(NC(=O)C2CCc3nnc(C4CC4)n32)cc1. The van der Waals surface area contributed by atoms with E-state index < -0.39 is 0 Å². The molecule has 2 aromatic rings. The van der Waals surface area contributed by atoms with Crippen molar-refractivity contribution < 1.29 is 4.79 Å². The number of carbonyl (C=O) groups excluding carboxylic acids is 1. The Morgan fingerprint density at radius 3 is 2.67 bits per heavy atom. The molecule has 1 saturated carbocycles. The molecule has 1 N–H and O–H groups in total. The molecule has 1 amide bonds. The molecule has 1 aromatic heterocycles. The predicted octanol–water partition coefficient (Wildman–Crippen LogP) is 2.59. The normalized spacial score (nSPS) is 20.3. The third-order valence-electron chi connectivity index (χ3n) is 4.31. The molecule has 2 heterocycles. The number of amides is 1. The molecular weight excluding hydrogens is 264 g/mol. The van der Waals surface area contributed by atoms with Crippen LogP contribution in [-0.4, -0.2) is 20.7 Å². The molecule has 1 atom stereocenters. The Labute approximate surface area is 123 Å². The van der Waals surface area contributed by atoms with Gasteiger partial charge in [-0.3, -0.25) is 4.79 Å². The third kappa shape index (κ3) is 2.22. The molecule has 1 fully saturated rings. The first-order valence-corrected chi connectivity index (χ1v) is 7.53. The minimum absolute atomic E-state index is 0.0410. The van der Waals surface area contributed by atoms with Crippen LogP contribution in [0.15, 0.2) is 24.3 Å². The zero-order valence-electron chi connectivity index (χ0n) is 12.0. The number of nitrogens with one attached hydrogen (secondary N) is 1. The van der Waals surface area contributed by atoms with E-state index in [1.807, 2.05) is 31.2 Å². The van der Waals surface area contributed by atoms with Crippen molar-refractivity contribution in [2.75, 3.05) is 5.32 Å². The number of nitrogens with zero attached hydrogens (tertiary/aromatic N) is 3. The molecule has 1 aliphatic heterocycles. The first-order valence-electron chi connectivity index (χ1n) is 7.53. The summed E-state index contributed by atoms with van der Waals surface area (Å²) in [5, 5.41) is 11.5. The van der Waals surface area contributed by atoms with Gasteiger partial charge in [0.15, 0.2) is 0 Å². The van der Waals surface area contributed by atoms with Gasteiger partial charge in [0.25, 0.3) is 0 Å². The average Bonchev–Trinajstić information content (AvgIpc) is 3.09. The lowest BCUT2D eigenvalue weighted by Gasteiger charge is -2.15. The van der Waals surface area contributed by atoms with Crippen LogP contribution in [0.4, 0.5) is 5.69 Å². The summed E-state index contributed by atoms with van der Waals surface area (Å²) in [6, 6.07) is 7.73. The molecule has 1 aromatic carbocycles. The summed E-state index contributed by atoms with van der Waals surface area (Å²) in [4.78, 5) is 12.6. The van der Waals surface area contributed by atoms with Crippen molar-refractivity contribution in [3.63, 3.8) is 0 Å². The number of aryl methyl sites for hydroxylation is 2. The number of benzene rings is 1. The minimum atomic E-state index is -0.160. The number of carbonyl (C=O) groups is 1. The van der Waals surface area contributed by atoms with Gasteiger partial charge in [0.05, 0.1) is 0 Å². The van der Waals surface area contributed by atoms with Gasteiger partial charge in [-0.15, -0.1) is 10.2 Å². The summed E-state index contributed by atoms with van der Waals surface area (Å²) in [5.41, 5.74) is 2.03. The van der Waals surface area contributed by atoms with Crippen LogP contribution in [0.2, 0.25) is 0 Å². The van der Waals surface area contributed by atoms with Crippen LogP contribution in [0.1, 0.15) is 48.4 Å². The van der Waals surface area contributed by atoms with Crippen LogP contribution < -0.4 is 5.32 Å². The Hall–Kier alpha value is -2.17. The zero-order chi connectivity index (χ0) is 14.4. The van der Waals surface area contributed by atoms with Crippen LogP contribution in [0, 0.1) is 6.92 Å². The van der Waals surface area contributed by atoms with Crippen molar-refractivity contribution in [1.82, 2.24) is 14.8 Å². The molecule has 0 bridgehead atoms. The molecule has 0 spiro atoms. The van der Waals surface area contributed by atoms with Crippen LogP contribution in [0.5, 0.6) is 0 Å². The molecule has 1 unspecified atom stereocenters. The summed E-state index contributed by atoms with van der Waals surface area (Å²) >= 11 is 0. The van der Waals surface area contributed by atoms with Crippen LogP contribution >= 0.6 is 0 Å². The zero-order valence-corrected chi connectivity index (χ0v) is 12.0. The van der Waals surface area contributed by atoms with Gasteiger partial charge in [0.2, 0.25) is 5.91 Å². The maximum Gasteiger partial charge on any atom is 0.247 e. The van der Waals surface area contributed by atoms with E-state index in [9.17, 15) is 4.79 Å². The Morgan fingerprint density at radius 2 is 1.95 bits per heavy atom. The van der Waals surface area contributed by atoms with Gasteiger partial charge in [-0.05, 0) is 38.3 Å². The first-order chi connectivity index (χ1) is 10.2. The Kier molecular flexibility index (Phi) is 2.80. The summed E-state index contributed by atoms with van der Waals surface area (Å²) in [7, 11) is 0. The van der Waals surface area contributed by atoms with Gasteiger partial charge in [0, 0.05) is 18.0 Å². The monoisotopic (exact) mass is 282 g/mol. The lowest BCUT2D eigenvalue weighted by Crippen LogP contribution is -2.24. The summed E-state index contributed by atoms with van der Waals surface area (Å²) < 4.78 is 2.07. The van der Waals surface area contributed by atoms with Crippen molar-refractivity contribution in [2.24, 2.45) is 0 Å². The number of aromatic nitrogens is 3. The summed E-state index contributed by atoms with van der Waals surface area (Å²) in [5.74, 6) is 2.52. The molecule has 2 aliphatic rings. The van der Waals surface area contributed by atoms with E-state index in [-0.39, 0.29) is 11.9 Å². The predicted molar refractivity (Wildman–Crippen MR) is 79.2 cm³/mol. The number of hydrogen-bond donors (Lipinski definition) is 1. The molecule has 1 aliphatic carbocycles. The van der Waals surface area contributed by atoms with Gasteiger partial charge in [-0.2, -0.15) is 0 Å². The van der Waals surface area contributed by atoms with E-state index in [4.69, 9.17) is 0 Å². The molecule has 21 heavy (non-hydrogen) atoms. The van der Waals surface area contributed by atoms with Gasteiger partial charge >= 0.3 is 0 Å². The Balaban J connectivity index is 1.56. The highest BCUT2D eigenvalue weighted by Crippen LogP contribution is 2.42. The average molecular weight is 282 g/mol. The molecular formula is C16H18N4O. The van der Waals surface area contributed by atoms with E-state index in [0.717, 1.165) is 30.2 Å². The van der Waals surface area contributed by atoms with Crippen LogP contribution in [0.25, 0.3) is 0 Å². The van der Waals surface area contributed by atoms with Crippen molar-refractivity contribution in [3.05, 3.63) is 41.5 Å². The smallest absolute Gasteiger partial charge is 0.247 e. The molecule has 0 radical (unpaired) electrons. The number of rotatable bonds is 3. The molecule has 5 heteroatoms. The maximum absolute atomic E-state index is 12.6. The van der Waals surface area contributed by atoms with Crippen LogP contribution in [0.3, 0.4) is 0 Å². The second kappa shape index (κ2) is 4.69. The highest BCUT2D eigenvalue weighted by Gasteiger charge is 2.37. The standard InChI is InChI=1S/C16H18N4O/c1-10-2-6-12(7-3-10)17-16(21)13-8-9-14-18-19-15(20(13)14)11-4-5-11/h2-3,6-7,11,13H,4-5,8-9H2,1H3,(H,17,21). The van der Waals surface area contributed by atoms with E-state index >= 15 is 0 Å². The second-order valence-electron chi connectivity index (χ2n) is 6.03. The quantitative estimate of drug-likeness (QED) is 0.941. The largest absolute Gasteiger partial charge is 0.324 e. The Bertz CT molecular complexity index is 685. The number of anilines is 1. The van der Waals surface area contributed by atoms with Crippen molar-refractivity contribution >= 4 is 11.6 Å².